The average molecular weight is 376 g/mol. The number of nitrogens with zero attached hydrogens (tertiary/aromatic N) is 3. The number of benzene rings is 1. The highest BCUT2D eigenvalue weighted by Crippen LogP contribution is 2.24. The van der Waals surface area contributed by atoms with E-state index in [-0.39, 0.29) is 18.1 Å². The fourth-order valence-corrected chi connectivity index (χ4v) is 3.94. The Kier molecular flexibility index (Phi) is 6.18. The second kappa shape index (κ2) is 8.57. The third kappa shape index (κ3) is 5.00. The van der Waals surface area contributed by atoms with Gasteiger partial charge >= 0.3 is 0 Å². The Labute approximate surface area is 157 Å². The first-order valence-corrected chi connectivity index (χ1v) is 9.47. The summed E-state index contributed by atoms with van der Waals surface area (Å²) in [6, 6.07) is 7.82. The number of carbonyl (C=O) groups is 1. The topological polar surface area (TPSA) is 76.6 Å². The predicted octanol–water partition coefficient (Wildman–Crippen LogP) is 2.19. The number of carbonyl (C=O) groups excluding carboxylic acids is 1. The number of methoxy groups -OCH3 is 1. The highest BCUT2D eigenvalue weighted by molar-refractivity contribution is 7.15. The lowest BCUT2D eigenvalue weighted by Crippen LogP contribution is -2.48. The number of aromatic nitrogens is 2. The van der Waals surface area contributed by atoms with Crippen molar-refractivity contribution in [1.82, 2.24) is 15.1 Å². The second-order valence-corrected chi connectivity index (χ2v) is 7.55. The average Bonchev–Trinajstić information content (AvgIpc) is 3.01. The molecule has 0 radical (unpaired) electrons. The van der Waals surface area contributed by atoms with Crippen LogP contribution in [0.15, 0.2) is 24.3 Å². The van der Waals surface area contributed by atoms with Gasteiger partial charge in [0.15, 0.2) is 0 Å². The van der Waals surface area contributed by atoms with Crippen molar-refractivity contribution in [3.05, 3.63) is 34.8 Å². The summed E-state index contributed by atoms with van der Waals surface area (Å²) in [6.07, 6.45) is 0.900. The fourth-order valence-electron chi connectivity index (χ4n) is 3.16. The first-order valence-electron chi connectivity index (χ1n) is 8.65. The SMILES string of the molecule is COc1ccccc1Cc1nnc(NC(=O)CN2C[C@@H](C)O[C@@H](C)C2)s1. The lowest BCUT2D eigenvalue weighted by molar-refractivity contribution is -0.121. The third-order valence-corrected chi connectivity index (χ3v) is 4.95. The van der Waals surface area contributed by atoms with Gasteiger partial charge < -0.3 is 9.47 Å². The van der Waals surface area contributed by atoms with E-state index in [0.717, 1.165) is 29.4 Å². The largest absolute Gasteiger partial charge is 0.496 e. The Morgan fingerprint density at radius 2 is 2.04 bits per heavy atom. The molecule has 2 atom stereocenters. The fraction of sp³-hybridized carbons (Fsp3) is 0.500. The molecule has 0 unspecified atom stereocenters. The van der Waals surface area contributed by atoms with E-state index in [1.54, 1.807) is 7.11 Å². The highest BCUT2D eigenvalue weighted by atomic mass is 32.1. The Bertz CT molecular complexity index is 742. The molecule has 0 aliphatic carbocycles. The lowest BCUT2D eigenvalue weighted by Gasteiger charge is -2.34. The van der Waals surface area contributed by atoms with Gasteiger partial charge in [-0.25, -0.2) is 0 Å². The number of amides is 1. The standard InChI is InChI=1S/C18H24N4O3S/c1-12-9-22(10-13(2)25-12)11-16(23)19-18-21-20-17(26-18)8-14-6-4-5-7-15(14)24-3/h4-7,12-13H,8-11H2,1-3H3,(H,19,21,23)/t12-,13+. The van der Waals surface area contributed by atoms with Gasteiger partial charge in [-0.2, -0.15) is 0 Å². The molecular weight excluding hydrogens is 352 g/mol. The highest BCUT2D eigenvalue weighted by Gasteiger charge is 2.24. The van der Waals surface area contributed by atoms with E-state index in [0.29, 0.717) is 18.1 Å². The lowest BCUT2D eigenvalue weighted by atomic mass is 10.1. The van der Waals surface area contributed by atoms with Crippen LogP contribution in [0.3, 0.4) is 0 Å². The van der Waals surface area contributed by atoms with Gasteiger partial charge in [0.25, 0.3) is 0 Å². The minimum Gasteiger partial charge on any atom is -0.496 e. The van der Waals surface area contributed by atoms with E-state index < -0.39 is 0 Å². The number of anilines is 1. The van der Waals surface area contributed by atoms with Gasteiger partial charge in [0.05, 0.1) is 25.9 Å². The maximum atomic E-state index is 12.3. The number of ether oxygens (including phenoxy) is 2. The molecule has 2 heterocycles. The number of hydrogen-bond acceptors (Lipinski definition) is 7. The first kappa shape index (κ1) is 18.8. The van der Waals surface area contributed by atoms with Crippen LogP contribution < -0.4 is 10.1 Å². The monoisotopic (exact) mass is 376 g/mol. The molecule has 1 saturated heterocycles. The molecule has 1 aliphatic heterocycles. The van der Waals surface area contributed by atoms with Gasteiger partial charge in [-0.05, 0) is 19.9 Å². The van der Waals surface area contributed by atoms with Crippen molar-refractivity contribution in [2.24, 2.45) is 0 Å². The van der Waals surface area contributed by atoms with Gasteiger partial charge in [0.2, 0.25) is 11.0 Å². The molecule has 1 fully saturated rings. The second-order valence-electron chi connectivity index (χ2n) is 6.49. The summed E-state index contributed by atoms with van der Waals surface area (Å²) >= 11 is 1.39. The van der Waals surface area contributed by atoms with Gasteiger partial charge in [-0.15, -0.1) is 10.2 Å². The van der Waals surface area contributed by atoms with Crippen LogP contribution in [0.5, 0.6) is 5.75 Å². The van der Waals surface area contributed by atoms with E-state index in [2.05, 4.69) is 20.4 Å². The number of para-hydroxylation sites is 1. The van der Waals surface area contributed by atoms with Crippen molar-refractivity contribution in [3.8, 4) is 5.75 Å². The summed E-state index contributed by atoms with van der Waals surface area (Å²) in [4.78, 5) is 14.4. The molecule has 8 heteroatoms. The van der Waals surface area contributed by atoms with Crippen molar-refractivity contribution in [3.63, 3.8) is 0 Å². The summed E-state index contributed by atoms with van der Waals surface area (Å²) in [5.74, 6) is 0.745. The minimum absolute atomic E-state index is 0.0775. The molecule has 1 aromatic carbocycles. The Morgan fingerprint density at radius 3 is 2.77 bits per heavy atom. The van der Waals surface area contributed by atoms with Crippen LogP contribution in [-0.4, -0.2) is 60.0 Å². The van der Waals surface area contributed by atoms with E-state index in [1.807, 2.05) is 38.1 Å². The molecule has 7 nitrogen and oxygen atoms in total. The molecule has 26 heavy (non-hydrogen) atoms. The smallest absolute Gasteiger partial charge is 0.240 e. The van der Waals surface area contributed by atoms with E-state index >= 15 is 0 Å². The number of rotatable bonds is 6. The Morgan fingerprint density at radius 1 is 1.31 bits per heavy atom. The summed E-state index contributed by atoms with van der Waals surface area (Å²) in [6.45, 7) is 5.89. The van der Waals surface area contributed by atoms with E-state index in [9.17, 15) is 4.79 Å². The maximum Gasteiger partial charge on any atom is 0.240 e. The van der Waals surface area contributed by atoms with Crippen molar-refractivity contribution in [2.45, 2.75) is 32.5 Å². The van der Waals surface area contributed by atoms with Gasteiger partial charge in [0.1, 0.15) is 10.8 Å². The first-order chi connectivity index (χ1) is 12.5. The number of hydrogen-bond donors (Lipinski definition) is 1. The minimum atomic E-state index is -0.0775. The molecule has 140 valence electrons. The van der Waals surface area contributed by atoms with Crippen LogP contribution in [0, 0.1) is 0 Å². The Balaban J connectivity index is 1.55. The molecule has 0 saturated carbocycles. The third-order valence-electron chi connectivity index (χ3n) is 4.11. The summed E-state index contributed by atoms with van der Waals surface area (Å²) in [5.41, 5.74) is 1.04. The van der Waals surface area contributed by atoms with Crippen molar-refractivity contribution < 1.29 is 14.3 Å². The Hall–Kier alpha value is -2.03. The molecule has 3 rings (SSSR count). The molecule has 0 bridgehead atoms. The summed E-state index contributed by atoms with van der Waals surface area (Å²) in [7, 11) is 1.65. The van der Waals surface area contributed by atoms with Crippen molar-refractivity contribution in [2.75, 3.05) is 32.1 Å². The van der Waals surface area contributed by atoms with Crippen LogP contribution in [-0.2, 0) is 16.0 Å². The number of morpholine rings is 1. The maximum absolute atomic E-state index is 12.3. The number of nitrogens with one attached hydrogen (secondary N) is 1. The van der Waals surface area contributed by atoms with Gasteiger partial charge in [-0.1, -0.05) is 29.5 Å². The van der Waals surface area contributed by atoms with Crippen LogP contribution in [0.25, 0.3) is 0 Å². The van der Waals surface area contributed by atoms with E-state index in [1.165, 1.54) is 11.3 Å². The van der Waals surface area contributed by atoms with Crippen molar-refractivity contribution >= 4 is 22.4 Å². The molecule has 1 N–H and O–H groups in total. The molecule has 0 spiro atoms. The summed E-state index contributed by atoms with van der Waals surface area (Å²) in [5, 5.41) is 12.5. The van der Waals surface area contributed by atoms with Crippen LogP contribution in [0.4, 0.5) is 5.13 Å². The quantitative estimate of drug-likeness (QED) is 0.833. The van der Waals surface area contributed by atoms with Crippen molar-refractivity contribution in [1.29, 1.82) is 0 Å². The zero-order valence-electron chi connectivity index (χ0n) is 15.3. The van der Waals surface area contributed by atoms with Gasteiger partial charge in [0, 0.05) is 25.1 Å². The van der Waals surface area contributed by atoms with Gasteiger partial charge in [-0.3, -0.25) is 15.0 Å². The molecule has 1 amide bonds. The normalized spacial score (nSPS) is 20.7. The zero-order chi connectivity index (χ0) is 18.5. The predicted molar refractivity (Wildman–Crippen MR) is 101 cm³/mol. The van der Waals surface area contributed by atoms with E-state index in [4.69, 9.17) is 9.47 Å². The molecule has 1 aliphatic rings. The molecular formula is C18H24N4O3S. The molecule has 2 aromatic rings. The van der Waals surface area contributed by atoms with Crippen LogP contribution >= 0.6 is 11.3 Å². The zero-order valence-corrected chi connectivity index (χ0v) is 16.1. The van der Waals surface area contributed by atoms with Crippen LogP contribution in [0.1, 0.15) is 24.4 Å². The summed E-state index contributed by atoms with van der Waals surface area (Å²) < 4.78 is 11.1. The molecule has 1 aromatic heterocycles. The van der Waals surface area contributed by atoms with Crippen LogP contribution in [0.2, 0.25) is 0 Å².